The molecule has 0 aliphatic carbocycles. The van der Waals surface area contributed by atoms with Crippen LogP contribution in [0.15, 0.2) is 24.3 Å². The van der Waals surface area contributed by atoms with Gasteiger partial charge in [0.15, 0.2) is 0 Å². The van der Waals surface area contributed by atoms with Gasteiger partial charge in [0.2, 0.25) is 0 Å². The van der Waals surface area contributed by atoms with Gasteiger partial charge in [-0.2, -0.15) is 0 Å². The molecule has 2 unspecified atom stereocenters. The summed E-state index contributed by atoms with van der Waals surface area (Å²) in [7, 11) is 1.94. The quantitative estimate of drug-likeness (QED) is 0.925. The summed E-state index contributed by atoms with van der Waals surface area (Å²) < 4.78 is 40.7. The molecule has 6 heteroatoms. The lowest BCUT2D eigenvalue weighted by Crippen LogP contribution is -2.47. The Balaban J connectivity index is 2.08. The summed E-state index contributed by atoms with van der Waals surface area (Å²) in [4.78, 5) is 2.10. The zero-order valence-electron chi connectivity index (χ0n) is 11.6. The molecule has 1 aromatic carbocycles. The number of benzene rings is 1. The summed E-state index contributed by atoms with van der Waals surface area (Å²) in [6.45, 7) is 3.79. The molecule has 0 spiro atoms. The molecule has 1 N–H and O–H groups in total. The zero-order valence-corrected chi connectivity index (χ0v) is 11.6. The largest absolute Gasteiger partial charge is 0.573 e. The molecule has 2 atom stereocenters. The van der Waals surface area contributed by atoms with Crippen molar-refractivity contribution in [3.63, 3.8) is 0 Å². The molecule has 0 bridgehead atoms. The van der Waals surface area contributed by atoms with E-state index in [0.29, 0.717) is 12.0 Å². The van der Waals surface area contributed by atoms with Crippen LogP contribution >= 0.6 is 0 Å². The Morgan fingerprint density at radius 1 is 1.35 bits per heavy atom. The van der Waals surface area contributed by atoms with Gasteiger partial charge in [0.1, 0.15) is 5.75 Å². The van der Waals surface area contributed by atoms with Crippen LogP contribution in [0.5, 0.6) is 5.75 Å². The second-order valence-electron chi connectivity index (χ2n) is 5.15. The van der Waals surface area contributed by atoms with Crippen LogP contribution in [0.25, 0.3) is 0 Å². The minimum atomic E-state index is -4.65. The number of hydrogen-bond donors (Lipinski definition) is 1. The van der Waals surface area contributed by atoms with Crippen LogP contribution in [0, 0.1) is 5.92 Å². The number of nitrogens with one attached hydrogen (secondary N) is 1. The molecule has 1 saturated heterocycles. The second-order valence-corrected chi connectivity index (χ2v) is 5.15. The van der Waals surface area contributed by atoms with E-state index in [0.717, 1.165) is 25.2 Å². The highest BCUT2D eigenvalue weighted by molar-refractivity contribution is 5.51. The number of hydrogen-bond acceptors (Lipinski definition) is 3. The molecule has 0 amide bonds. The molecule has 1 aliphatic heterocycles. The first kappa shape index (κ1) is 15.0. The van der Waals surface area contributed by atoms with Crippen molar-refractivity contribution >= 4 is 5.69 Å². The topological polar surface area (TPSA) is 24.5 Å². The molecule has 0 saturated carbocycles. The highest BCUT2D eigenvalue weighted by Gasteiger charge is 2.31. The van der Waals surface area contributed by atoms with Crippen molar-refractivity contribution in [3.8, 4) is 5.75 Å². The number of halogens is 3. The Bertz CT molecular complexity index is 450. The summed E-state index contributed by atoms with van der Waals surface area (Å²) in [6.07, 6.45) is -3.67. The average molecular weight is 288 g/mol. The predicted molar refractivity (Wildman–Crippen MR) is 72.0 cm³/mol. The predicted octanol–water partition coefficient (Wildman–Crippen LogP) is 3.02. The van der Waals surface area contributed by atoms with Gasteiger partial charge in [-0.05, 0) is 31.5 Å². The molecule has 1 aromatic rings. The van der Waals surface area contributed by atoms with Gasteiger partial charge in [0, 0.05) is 30.9 Å². The molecule has 0 aromatic heterocycles. The van der Waals surface area contributed by atoms with Gasteiger partial charge >= 0.3 is 6.36 Å². The summed E-state index contributed by atoms with van der Waals surface area (Å²) in [5.74, 6) is 0.277. The number of nitrogens with zero attached hydrogens (tertiary/aromatic N) is 1. The summed E-state index contributed by atoms with van der Waals surface area (Å²) in [6, 6.07) is 6.63. The molecule has 2 rings (SSSR count). The lowest BCUT2D eigenvalue weighted by molar-refractivity contribution is -0.274. The first-order valence-corrected chi connectivity index (χ1v) is 6.67. The van der Waals surface area contributed by atoms with Crippen molar-refractivity contribution in [1.82, 2.24) is 5.32 Å². The van der Waals surface area contributed by atoms with E-state index in [1.807, 2.05) is 13.1 Å². The van der Waals surface area contributed by atoms with Gasteiger partial charge in [0.25, 0.3) is 0 Å². The van der Waals surface area contributed by atoms with Gasteiger partial charge in [-0.25, -0.2) is 0 Å². The monoisotopic (exact) mass is 288 g/mol. The van der Waals surface area contributed by atoms with Gasteiger partial charge in [-0.3, -0.25) is 0 Å². The lowest BCUT2D eigenvalue weighted by Gasteiger charge is -2.38. The van der Waals surface area contributed by atoms with E-state index >= 15 is 0 Å². The molecule has 1 heterocycles. The summed E-state index contributed by atoms with van der Waals surface area (Å²) in [5, 5.41) is 3.27. The van der Waals surface area contributed by atoms with Crippen LogP contribution in [0.3, 0.4) is 0 Å². The number of piperidine rings is 1. The summed E-state index contributed by atoms with van der Waals surface area (Å²) in [5.41, 5.74) is 0.771. The molecule has 0 radical (unpaired) electrons. The fourth-order valence-corrected chi connectivity index (χ4v) is 2.69. The van der Waals surface area contributed by atoms with Crippen LogP contribution in [-0.2, 0) is 0 Å². The maximum absolute atomic E-state index is 12.2. The van der Waals surface area contributed by atoms with Gasteiger partial charge in [-0.1, -0.05) is 13.0 Å². The maximum Gasteiger partial charge on any atom is 0.573 e. The van der Waals surface area contributed by atoms with E-state index in [1.54, 1.807) is 6.07 Å². The Labute approximate surface area is 116 Å². The minimum Gasteiger partial charge on any atom is -0.406 e. The molecular formula is C14H19F3N2O. The normalized spacial score (nSPS) is 23.8. The van der Waals surface area contributed by atoms with Crippen molar-refractivity contribution in [2.75, 3.05) is 25.0 Å². The lowest BCUT2D eigenvalue weighted by atomic mass is 9.93. The third-order valence-corrected chi connectivity index (χ3v) is 3.69. The van der Waals surface area contributed by atoms with Gasteiger partial charge in [-0.15, -0.1) is 13.2 Å². The number of anilines is 1. The van der Waals surface area contributed by atoms with Gasteiger partial charge < -0.3 is 15.0 Å². The fraction of sp³-hybridized carbons (Fsp3) is 0.571. The molecule has 20 heavy (non-hydrogen) atoms. The van der Waals surface area contributed by atoms with Crippen molar-refractivity contribution < 1.29 is 17.9 Å². The van der Waals surface area contributed by atoms with E-state index < -0.39 is 6.36 Å². The van der Waals surface area contributed by atoms with E-state index in [2.05, 4.69) is 21.9 Å². The van der Waals surface area contributed by atoms with Crippen LogP contribution in [0.4, 0.5) is 18.9 Å². The number of alkyl halides is 3. The third-order valence-electron chi connectivity index (χ3n) is 3.69. The molecular weight excluding hydrogens is 269 g/mol. The van der Waals surface area contributed by atoms with E-state index in [4.69, 9.17) is 0 Å². The number of rotatable bonds is 3. The average Bonchev–Trinajstić information content (AvgIpc) is 2.37. The van der Waals surface area contributed by atoms with E-state index in [9.17, 15) is 13.2 Å². The van der Waals surface area contributed by atoms with Crippen LogP contribution in [0.1, 0.15) is 13.3 Å². The highest BCUT2D eigenvalue weighted by Crippen LogP contribution is 2.29. The van der Waals surface area contributed by atoms with Crippen LogP contribution in [-0.4, -0.2) is 32.5 Å². The fourth-order valence-electron chi connectivity index (χ4n) is 2.69. The highest BCUT2D eigenvalue weighted by atomic mass is 19.4. The molecule has 1 aliphatic rings. The smallest absolute Gasteiger partial charge is 0.406 e. The Morgan fingerprint density at radius 3 is 2.70 bits per heavy atom. The Morgan fingerprint density at radius 2 is 2.10 bits per heavy atom. The molecule has 1 fully saturated rings. The third kappa shape index (κ3) is 3.79. The first-order valence-electron chi connectivity index (χ1n) is 6.67. The van der Waals surface area contributed by atoms with Crippen molar-refractivity contribution in [2.45, 2.75) is 25.7 Å². The van der Waals surface area contributed by atoms with Crippen molar-refractivity contribution in [1.29, 1.82) is 0 Å². The van der Waals surface area contributed by atoms with E-state index in [1.165, 1.54) is 12.1 Å². The zero-order chi connectivity index (χ0) is 14.8. The van der Waals surface area contributed by atoms with Gasteiger partial charge in [0.05, 0.1) is 0 Å². The summed E-state index contributed by atoms with van der Waals surface area (Å²) >= 11 is 0. The maximum atomic E-state index is 12.2. The van der Waals surface area contributed by atoms with Crippen LogP contribution < -0.4 is 15.0 Å². The SMILES string of the molecule is CNC1CCN(c2cccc(OC(F)(F)F)c2)CC1C. The Hall–Kier alpha value is -1.43. The standard InChI is InChI=1S/C14H19F3N2O/c1-10-9-19(7-6-13(10)18-2)11-4-3-5-12(8-11)20-14(15,16)17/h3-5,8,10,13,18H,6-7,9H2,1-2H3. The van der Waals surface area contributed by atoms with E-state index in [-0.39, 0.29) is 5.75 Å². The Kier molecular flexibility index (Phi) is 4.42. The molecule has 3 nitrogen and oxygen atoms in total. The van der Waals surface area contributed by atoms with Crippen LogP contribution in [0.2, 0.25) is 0 Å². The second kappa shape index (κ2) is 5.91. The first-order chi connectivity index (χ1) is 9.39. The van der Waals surface area contributed by atoms with Crippen molar-refractivity contribution in [2.24, 2.45) is 5.92 Å². The van der Waals surface area contributed by atoms with Crippen molar-refractivity contribution in [3.05, 3.63) is 24.3 Å². The number of ether oxygens (including phenoxy) is 1. The minimum absolute atomic E-state index is 0.168. The molecule has 112 valence electrons.